The molecule has 5 rings (SSSR count). The van der Waals surface area contributed by atoms with Gasteiger partial charge < -0.3 is 14.4 Å². The van der Waals surface area contributed by atoms with Gasteiger partial charge in [0.2, 0.25) is 0 Å². The van der Waals surface area contributed by atoms with Crippen molar-refractivity contribution in [2.24, 2.45) is 0 Å². The second-order valence-electron chi connectivity index (χ2n) is 10.3. The van der Waals surface area contributed by atoms with Crippen molar-refractivity contribution < 1.29 is 9.47 Å². The molecule has 0 amide bonds. The first kappa shape index (κ1) is 25.4. The molecule has 0 spiro atoms. The third kappa shape index (κ3) is 5.10. The van der Waals surface area contributed by atoms with E-state index in [1.54, 1.807) is 18.7 Å². The zero-order valence-electron chi connectivity index (χ0n) is 22.4. The van der Waals surface area contributed by atoms with Gasteiger partial charge in [-0.25, -0.2) is 9.50 Å². The number of likely N-dealkylation sites (N-methyl/N-ethyl adjacent to an activating group) is 1. The molecule has 0 aromatic carbocycles. The van der Waals surface area contributed by atoms with Crippen LogP contribution in [0, 0.1) is 0 Å². The fourth-order valence-electron chi connectivity index (χ4n) is 5.57. The van der Waals surface area contributed by atoms with E-state index in [2.05, 4.69) is 59.3 Å². The minimum Gasteiger partial charge on any atom is -0.493 e. The highest BCUT2D eigenvalue weighted by molar-refractivity contribution is 5.75. The van der Waals surface area contributed by atoms with E-state index in [4.69, 9.17) is 19.6 Å². The third-order valence-electron chi connectivity index (χ3n) is 7.70. The second-order valence-corrected chi connectivity index (χ2v) is 10.3. The molecule has 9 nitrogen and oxygen atoms in total. The Labute approximate surface area is 218 Å². The number of ether oxygens (including phenoxy) is 2. The predicted molar refractivity (Wildman–Crippen MR) is 144 cm³/mol. The van der Waals surface area contributed by atoms with Gasteiger partial charge in [0.15, 0.2) is 11.4 Å². The largest absolute Gasteiger partial charge is 0.493 e. The number of nitrogens with one attached hydrogen (secondary N) is 1. The van der Waals surface area contributed by atoms with Crippen molar-refractivity contribution in [2.45, 2.75) is 57.4 Å². The SMILES string of the molecule is COCCN(C)C1CCC(c2ccc(-c3[nH]nc(-c4cc(OC)c5ncnn5c4)c3C(C)C)nc2)CC1. The number of nitrogens with zero attached hydrogens (tertiary/aromatic N) is 6. The van der Waals surface area contributed by atoms with Gasteiger partial charge in [-0.05, 0) is 62.3 Å². The summed E-state index contributed by atoms with van der Waals surface area (Å²) < 4.78 is 12.5. The summed E-state index contributed by atoms with van der Waals surface area (Å²) in [6, 6.07) is 6.99. The van der Waals surface area contributed by atoms with Gasteiger partial charge in [0.25, 0.3) is 0 Å². The lowest BCUT2D eigenvalue weighted by atomic mass is 9.81. The van der Waals surface area contributed by atoms with E-state index in [-0.39, 0.29) is 5.92 Å². The Balaban J connectivity index is 1.36. The normalized spacial score (nSPS) is 18.2. The maximum absolute atomic E-state index is 5.57. The van der Waals surface area contributed by atoms with Gasteiger partial charge in [-0.2, -0.15) is 10.2 Å². The Hall–Kier alpha value is -3.30. The lowest BCUT2D eigenvalue weighted by Gasteiger charge is -2.34. The third-order valence-corrected chi connectivity index (χ3v) is 7.70. The highest BCUT2D eigenvalue weighted by Crippen LogP contribution is 2.38. The molecule has 196 valence electrons. The van der Waals surface area contributed by atoms with Crippen molar-refractivity contribution >= 4 is 5.65 Å². The Morgan fingerprint density at radius 3 is 2.62 bits per heavy atom. The van der Waals surface area contributed by atoms with Crippen LogP contribution in [-0.4, -0.2) is 75.1 Å². The van der Waals surface area contributed by atoms with E-state index in [0.29, 0.717) is 23.4 Å². The van der Waals surface area contributed by atoms with Crippen LogP contribution in [0.2, 0.25) is 0 Å². The summed E-state index contributed by atoms with van der Waals surface area (Å²) in [5, 5.41) is 12.3. The number of rotatable bonds is 9. The molecule has 0 unspecified atom stereocenters. The summed E-state index contributed by atoms with van der Waals surface area (Å²) in [5.74, 6) is 1.47. The van der Waals surface area contributed by atoms with Crippen molar-refractivity contribution in [3.63, 3.8) is 0 Å². The first-order chi connectivity index (χ1) is 18.0. The van der Waals surface area contributed by atoms with Crippen molar-refractivity contribution in [1.82, 2.24) is 34.7 Å². The number of fused-ring (bicyclic) bond motifs is 1. The Morgan fingerprint density at radius 2 is 1.95 bits per heavy atom. The van der Waals surface area contributed by atoms with E-state index in [9.17, 15) is 0 Å². The van der Waals surface area contributed by atoms with Gasteiger partial charge in [-0.1, -0.05) is 19.9 Å². The average molecular weight is 504 g/mol. The van der Waals surface area contributed by atoms with Crippen molar-refractivity contribution in [2.75, 3.05) is 34.4 Å². The maximum Gasteiger partial charge on any atom is 0.197 e. The van der Waals surface area contributed by atoms with Crippen LogP contribution in [0.4, 0.5) is 0 Å². The highest BCUT2D eigenvalue weighted by Gasteiger charge is 2.26. The van der Waals surface area contributed by atoms with Crippen LogP contribution >= 0.6 is 0 Å². The summed E-state index contributed by atoms with van der Waals surface area (Å²) in [7, 11) is 5.63. The van der Waals surface area contributed by atoms with Gasteiger partial charge in [-0.15, -0.1) is 0 Å². The fourth-order valence-corrected chi connectivity index (χ4v) is 5.57. The summed E-state index contributed by atoms with van der Waals surface area (Å²) in [4.78, 5) is 11.6. The molecule has 9 heteroatoms. The minimum atomic E-state index is 0.244. The molecule has 0 atom stereocenters. The molecule has 1 aliphatic rings. The van der Waals surface area contributed by atoms with Crippen molar-refractivity contribution in [3.05, 3.63) is 48.0 Å². The molecule has 0 saturated heterocycles. The van der Waals surface area contributed by atoms with Gasteiger partial charge in [-0.3, -0.25) is 10.1 Å². The summed E-state index contributed by atoms with van der Waals surface area (Å²) in [6.45, 7) is 6.14. The first-order valence-corrected chi connectivity index (χ1v) is 13.1. The Morgan fingerprint density at radius 1 is 1.14 bits per heavy atom. The molecule has 1 N–H and O–H groups in total. The number of aromatic amines is 1. The Bertz CT molecular complexity index is 1320. The lowest BCUT2D eigenvalue weighted by molar-refractivity contribution is 0.120. The fraction of sp³-hybridized carbons (Fsp3) is 0.500. The topological polar surface area (TPSA) is 93.5 Å². The molecule has 37 heavy (non-hydrogen) atoms. The summed E-state index contributed by atoms with van der Waals surface area (Å²) >= 11 is 0. The molecule has 4 aromatic rings. The van der Waals surface area contributed by atoms with Crippen LogP contribution in [0.3, 0.4) is 0 Å². The number of methoxy groups -OCH3 is 2. The smallest absolute Gasteiger partial charge is 0.197 e. The van der Waals surface area contributed by atoms with Crippen LogP contribution in [-0.2, 0) is 4.74 Å². The van der Waals surface area contributed by atoms with Crippen molar-refractivity contribution in [3.8, 4) is 28.4 Å². The number of H-pyrrole nitrogens is 1. The zero-order valence-corrected chi connectivity index (χ0v) is 22.4. The van der Waals surface area contributed by atoms with Gasteiger partial charge in [0, 0.05) is 43.2 Å². The van der Waals surface area contributed by atoms with Crippen LogP contribution in [0.1, 0.15) is 62.5 Å². The Kier molecular flexibility index (Phi) is 7.53. The molecule has 4 aromatic heterocycles. The lowest BCUT2D eigenvalue weighted by Crippen LogP contribution is -2.36. The molecule has 0 aliphatic heterocycles. The zero-order chi connectivity index (χ0) is 25.9. The summed E-state index contributed by atoms with van der Waals surface area (Å²) in [5.41, 5.74) is 6.80. The van der Waals surface area contributed by atoms with Crippen LogP contribution in [0.5, 0.6) is 5.75 Å². The molecular weight excluding hydrogens is 466 g/mol. The number of pyridine rings is 2. The maximum atomic E-state index is 5.57. The van der Waals surface area contributed by atoms with Crippen LogP contribution < -0.4 is 4.74 Å². The van der Waals surface area contributed by atoms with Gasteiger partial charge in [0.05, 0.1) is 30.8 Å². The number of aromatic nitrogens is 6. The van der Waals surface area contributed by atoms with E-state index in [1.807, 2.05) is 12.3 Å². The number of hydrogen-bond acceptors (Lipinski definition) is 7. The number of hydrogen-bond donors (Lipinski definition) is 1. The standard InChI is InChI=1S/C28H37N7O2/c1-18(2)25-26(21-14-24(37-5)28-30-17-31-35(28)16-21)32-33-27(25)23-11-8-20(15-29-23)19-6-9-22(10-7-19)34(3)12-13-36-4/h8,11,14-19,22H,6-7,9-10,12-13H2,1-5H3,(H,32,33). The van der Waals surface area contributed by atoms with E-state index < -0.39 is 0 Å². The molecule has 4 heterocycles. The summed E-state index contributed by atoms with van der Waals surface area (Å²) in [6.07, 6.45) is 10.3. The highest BCUT2D eigenvalue weighted by atomic mass is 16.5. The van der Waals surface area contributed by atoms with E-state index >= 15 is 0 Å². The molecule has 0 radical (unpaired) electrons. The molecule has 0 bridgehead atoms. The van der Waals surface area contributed by atoms with Crippen LogP contribution in [0.15, 0.2) is 36.9 Å². The van der Waals surface area contributed by atoms with Crippen LogP contribution in [0.25, 0.3) is 28.3 Å². The van der Waals surface area contributed by atoms with Gasteiger partial charge in [0.1, 0.15) is 6.33 Å². The minimum absolute atomic E-state index is 0.244. The quantitative estimate of drug-likeness (QED) is 0.347. The molecule has 1 aliphatic carbocycles. The predicted octanol–water partition coefficient (Wildman–Crippen LogP) is 4.92. The monoisotopic (exact) mass is 503 g/mol. The average Bonchev–Trinajstić information content (AvgIpc) is 3.59. The van der Waals surface area contributed by atoms with Crippen molar-refractivity contribution in [1.29, 1.82) is 0 Å². The van der Waals surface area contributed by atoms with E-state index in [0.717, 1.165) is 41.4 Å². The first-order valence-electron chi connectivity index (χ1n) is 13.1. The molecule has 1 saturated carbocycles. The van der Waals surface area contributed by atoms with E-state index in [1.165, 1.54) is 37.6 Å². The van der Waals surface area contributed by atoms with Gasteiger partial charge >= 0.3 is 0 Å². The second kappa shape index (κ2) is 11.0. The molecular formula is C28H37N7O2. The molecule has 1 fully saturated rings.